The average Bonchev–Trinajstić information content (AvgIpc) is 2.34. The molecular weight excluding hydrogens is 180 g/mol. The molecule has 0 aliphatic carbocycles. The largest absolute Gasteiger partial charge is 0.498 e. The van der Waals surface area contributed by atoms with Crippen molar-refractivity contribution < 1.29 is 9.16 Å². The third kappa shape index (κ3) is 4.48. The molecule has 75 valence electrons. The SMILES string of the molecule is C[Si](CC1=CCCO1)OC(C)(C)C. The summed E-state index contributed by atoms with van der Waals surface area (Å²) in [6.07, 6.45) is 3.25. The topological polar surface area (TPSA) is 18.5 Å². The normalized spacial score (nSPS) is 17.5. The fourth-order valence-electron chi connectivity index (χ4n) is 1.40. The predicted molar refractivity (Wildman–Crippen MR) is 55.9 cm³/mol. The lowest BCUT2D eigenvalue weighted by atomic mass is 10.2. The highest BCUT2D eigenvalue weighted by Crippen LogP contribution is 2.19. The number of rotatable bonds is 3. The molecule has 3 heteroatoms. The quantitative estimate of drug-likeness (QED) is 0.651. The highest BCUT2D eigenvalue weighted by Gasteiger charge is 2.19. The first kappa shape index (κ1) is 10.8. The van der Waals surface area contributed by atoms with E-state index in [9.17, 15) is 0 Å². The molecule has 0 atom stereocenters. The first-order valence-electron chi connectivity index (χ1n) is 4.81. The third-order valence-electron chi connectivity index (χ3n) is 1.68. The van der Waals surface area contributed by atoms with E-state index in [0.717, 1.165) is 24.8 Å². The zero-order valence-electron chi connectivity index (χ0n) is 9.02. The molecule has 1 aliphatic rings. The summed E-state index contributed by atoms with van der Waals surface area (Å²) in [7, 11) is -0.723. The summed E-state index contributed by atoms with van der Waals surface area (Å²) in [6, 6.07) is 1.00. The van der Waals surface area contributed by atoms with Crippen molar-refractivity contribution >= 4 is 9.04 Å². The van der Waals surface area contributed by atoms with Gasteiger partial charge in [0.15, 0.2) is 0 Å². The second-order valence-electron chi connectivity index (χ2n) is 4.40. The van der Waals surface area contributed by atoms with Crippen LogP contribution < -0.4 is 0 Å². The Morgan fingerprint density at radius 3 is 2.69 bits per heavy atom. The van der Waals surface area contributed by atoms with E-state index in [0.29, 0.717) is 0 Å². The molecule has 13 heavy (non-hydrogen) atoms. The lowest BCUT2D eigenvalue weighted by Crippen LogP contribution is -2.28. The molecule has 0 amide bonds. The molecule has 0 aromatic carbocycles. The maximum Gasteiger partial charge on any atom is 0.216 e. The number of ether oxygens (including phenoxy) is 1. The minimum absolute atomic E-state index is 0.0117. The minimum atomic E-state index is -0.723. The molecule has 1 radical (unpaired) electrons. The van der Waals surface area contributed by atoms with Gasteiger partial charge in [0.25, 0.3) is 0 Å². The van der Waals surface area contributed by atoms with Crippen molar-refractivity contribution in [1.29, 1.82) is 0 Å². The van der Waals surface area contributed by atoms with Crippen LogP contribution in [0.1, 0.15) is 27.2 Å². The van der Waals surface area contributed by atoms with Crippen LogP contribution >= 0.6 is 0 Å². The third-order valence-corrected chi connectivity index (χ3v) is 3.49. The molecule has 1 heterocycles. The molecule has 0 aromatic rings. The van der Waals surface area contributed by atoms with Crippen molar-refractivity contribution in [1.82, 2.24) is 0 Å². The summed E-state index contributed by atoms with van der Waals surface area (Å²) in [5.41, 5.74) is -0.0117. The number of allylic oxidation sites excluding steroid dienone is 1. The van der Waals surface area contributed by atoms with Crippen molar-refractivity contribution in [2.45, 2.75) is 45.4 Å². The van der Waals surface area contributed by atoms with Gasteiger partial charge in [-0.1, -0.05) is 0 Å². The Morgan fingerprint density at radius 2 is 2.23 bits per heavy atom. The maximum atomic E-state index is 5.88. The summed E-state index contributed by atoms with van der Waals surface area (Å²) >= 11 is 0. The average molecular weight is 199 g/mol. The van der Waals surface area contributed by atoms with Crippen LogP contribution in [0.5, 0.6) is 0 Å². The molecule has 1 rings (SSSR count). The van der Waals surface area contributed by atoms with Gasteiger partial charge in [-0.3, -0.25) is 0 Å². The van der Waals surface area contributed by atoms with E-state index in [4.69, 9.17) is 9.16 Å². The van der Waals surface area contributed by atoms with E-state index in [-0.39, 0.29) is 5.60 Å². The van der Waals surface area contributed by atoms with Gasteiger partial charge in [-0.25, -0.2) is 0 Å². The molecule has 1 aliphatic heterocycles. The summed E-state index contributed by atoms with van der Waals surface area (Å²) < 4.78 is 11.3. The molecule has 0 unspecified atom stereocenters. The van der Waals surface area contributed by atoms with Crippen molar-refractivity contribution in [3.8, 4) is 0 Å². The van der Waals surface area contributed by atoms with Crippen molar-refractivity contribution in [3.05, 3.63) is 11.8 Å². The molecule has 0 aromatic heterocycles. The van der Waals surface area contributed by atoms with Crippen molar-refractivity contribution in [2.24, 2.45) is 0 Å². The lowest BCUT2D eigenvalue weighted by molar-refractivity contribution is 0.128. The minimum Gasteiger partial charge on any atom is -0.498 e. The van der Waals surface area contributed by atoms with Gasteiger partial charge in [0.05, 0.1) is 12.4 Å². The van der Waals surface area contributed by atoms with Crippen LogP contribution in [-0.4, -0.2) is 21.2 Å². The predicted octanol–water partition coefficient (Wildman–Crippen LogP) is 2.73. The van der Waals surface area contributed by atoms with Gasteiger partial charge in [0.1, 0.15) is 0 Å². The van der Waals surface area contributed by atoms with E-state index < -0.39 is 9.04 Å². The van der Waals surface area contributed by atoms with E-state index in [1.165, 1.54) is 0 Å². The Labute approximate surface area is 82.7 Å². The van der Waals surface area contributed by atoms with Gasteiger partial charge in [0.2, 0.25) is 9.04 Å². The van der Waals surface area contributed by atoms with Gasteiger partial charge in [-0.2, -0.15) is 0 Å². The zero-order chi connectivity index (χ0) is 9.90. The Balaban J connectivity index is 2.28. The zero-order valence-corrected chi connectivity index (χ0v) is 10.0. The first-order chi connectivity index (χ1) is 5.97. The second kappa shape index (κ2) is 4.29. The molecule has 0 N–H and O–H groups in total. The second-order valence-corrected chi connectivity index (χ2v) is 6.36. The van der Waals surface area contributed by atoms with Gasteiger partial charge in [0, 0.05) is 18.1 Å². The highest BCUT2D eigenvalue weighted by molar-refractivity contribution is 6.51. The monoisotopic (exact) mass is 199 g/mol. The first-order valence-corrected chi connectivity index (χ1v) is 6.92. The van der Waals surface area contributed by atoms with Crippen LogP contribution in [0.25, 0.3) is 0 Å². The van der Waals surface area contributed by atoms with Crippen LogP contribution in [0.4, 0.5) is 0 Å². The van der Waals surface area contributed by atoms with Crippen LogP contribution in [0.3, 0.4) is 0 Å². The molecule has 0 saturated heterocycles. The molecule has 0 fully saturated rings. The number of hydrogen-bond acceptors (Lipinski definition) is 2. The molecule has 0 saturated carbocycles. The Bertz CT molecular complexity index is 194. The van der Waals surface area contributed by atoms with Crippen LogP contribution in [0.15, 0.2) is 11.8 Å². The Hall–Kier alpha value is -0.283. The molecular formula is C10H19O2Si. The standard InChI is InChI=1S/C10H19O2Si/c1-10(2,3)12-13(4)8-9-6-5-7-11-9/h6H,5,7-8H2,1-4H3. The van der Waals surface area contributed by atoms with E-state index in [1.54, 1.807) is 0 Å². The fourth-order valence-corrected chi connectivity index (χ4v) is 3.25. The van der Waals surface area contributed by atoms with Gasteiger partial charge >= 0.3 is 0 Å². The van der Waals surface area contributed by atoms with Crippen LogP contribution in [-0.2, 0) is 9.16 Å². The summed E-state index contributed by atoms with van der Waals surface area (Å²) in [5.74, 6) is 1.14. The van der Waals surface area contributed by atoms with E-state index in [2.05, 4.69) is 33.4 Å². The van der Waals surface area contributed by atoms with E-state index in [1.807, 2.05) is 0 Å². The van der Waals surface area contributed by atoms with Gasteiger partial charge in [-0.15, -0.1) is 0 Å². The van der Waals surface area contributed by atoms with Crippen molar-refractivity contribution in [2.75, 3.05) is 6.61 Å². The van der Waals surface area contributed by atoms with Crippen LogP contribution in [0.2, 0.25) is 12.6 Å². The fraction of sp³-hybridized carbons (Fsp3) is 0.800. The lowest BCUT2D eigenvalue weighted by Gasteiger charge is -2.24. The van der Waals surface area contributed by atoms with Crippen molar-refractivity contribution in [3.63, 3.8) is 0 Å². The maximum absolute atomic E-state index is 5.88. The molecule has 2 nitrogen and oxygen atoms in total. The molecule has 0 spiro atoms. The van der Waals surface area contributed by atoms with Gasteiger partial charge in [-0.05, 0) is 33.4 Å². The summed E-state index contributed by atoms with van der Waals surface area (Å²) in [5, 5.41) is 0. The summed E-state index contributed by atoms with van der Waals surface area (Å²) in [6.45, 7) is 9.36. The summed E-state index contributed by atoms with van der Waals surface area (Å²) in [4.78, 5) is 0. The Kier molecular flexibility index (Phi) is 3.56. The number of hydrogen-bond donors (Lipinski definition) is 0. The Morgan fingerprint density at radius 1 is 1.54 bits per heavy atom. The van der Waals surface area contributed by atoms with E-state index >= 15 is 0 Å². The molecule has 0 bridgehead atoms. The highest BCUT2D eigenvalue weighted by atomic mass is 28.3. The van der Waals surface area contributed by atoms with Gasteiger partial charge < -0.3 is 9.16 Å². The smallest absolute Gasteiger partial charge is 0.216 e. The van der Waals surface area contributed by atoms with Crippen LogP contribution in [0, 0.1) is 0 Å².